The summed E-state index contributed by atoms with van der Waals surface area (Å²) in [4.78, 5) is 45.2. The molecule has 0 unspecified atom stereocenters. The highest BCUT2D eigenvalue weighted by Crippen LogP contribution is 2.72. The number of aliphatic hydroxyl groups excluding tert-OH is 2. The summed E-state index contributed by atoms with van der Waals surface area (Å²) in [5.41, 5.74) is -3.32. The number of ether oxygens (including phenoxy) is 2. The van der Waals surface area contributed by atoms with Crippen molar-refractivity contribution in [3.05, 3.63) is 83.2 Å². The molecule has 13 heteroatoms. The molecule has 11 nitrogen and oxygen atoms in total. The number of carbonyl (C=O) groups excluding carboxylic acids is 2. The molecule has 4 fully saturated rings. The number of carbonyl (C=O) groups is 2. The first kappa shape index (κ1) is 32.7. The predicted octanol–water partition coefficient (Wildman–Crippen LogP) is 3.84. The first-order chi connectivity index (χ1) is 22.1. The van der Waals surface area contributed by atoms with Crippen molar-refractivity contribution in [3.63, 3.8) is 0 Å². The average molecular weight is 672 g/mol. The van der Waals surface area contributed by atoms with Crippen molar-refractivity contribution in [3.8, 4) is 0 Å². The van der Waals surface area contributed by atoms with Gasteiger partial charge in [-0.05, 0) is 67.9 Å². The summed E-state index contributed by atoms with van der Waals surface area (Å²) >= 11 is 0. The van der Waals surface area contributed by atoms with E-state index in [4.69, 9.17) is 9.47 Å². The minimum absolute atomic E-state index is 0.0511. The van der Waals surface area contributed by atoms with E-state index in [2.05, 4.69) is 4.52 Å². The Hall–Kier alpha value is -2.80. The standard InChI is InChI=1S/C34H39FNO10P/c1-31-11-9-24(38)13-23(31)7-8-25-26-14-29-34(28(40)19-44-47(41,42)43,32(26,2)15-27(39)33(25,31)35)46-30(45-29)22-10-12-36(17-22)16-20-3-5-21(18-37)6-4-20/h3-6,9-13,17,25-27,29-30,37,39H,7-8,14-16,18-19H2,1-2H3,(H2,41,42,43)/t25-,26-,27-,29+,30+,31-,32-,33-,34+/m0/s1. The zero-order chi connectivity index (χ0) is 33.6. The van der Waals surface area contributed by atoms with Crippen LogP contribution in [0.25, 0.3) is 0 Å². The molecule has 5 aliphatic rings. The molecule has 2 heterocycles. The Kier molecular flexibility index (Phi) is 7.74. The maximum absolute atomic E-state index is 17.7. The lowest BCUT2D eigenvalue weighted by molar-refractivity contribution is -0.231. The van der Waals surface area contributed by atoms with Crippen LogP contribution in [0.3, 0.4) is 0 Å². The van der Waals surface area contributed by atoms with Gasteiger partial charge in [-0.2, -0.15) is 0 Å². The smallest absolute Gasteiger partial charge is 0.392 e. The van der Waals surface area contributed by atoms with E-state index in [1.165, 1.54) is 12.2 Å². The Balaban J connectivity index is 1.22. The predicted molar refractivity (Wildman–Crippen MR) is 164 cm³/mol. The van der Waals surface area contributed by atoms with Crippen LogP contribution in [0.4, 0.5) is 4.39 Å². The van der Waals surface area contributed by atoms with Gasteiger partial charge in [0.1, 0.15) is 6.61 Å². The molecule has 1 saturated heterocycles. The normalized spacial score (nSPS) is 39.2. The lowest BCUT2D eigenvalue weighted by Gasteiger charge is -2.62. The van der Waals surface area contributed by atoms with Crippen molar-refractivity contribution in [1.82, 2.24) is 4.57 Å². The number of alkyl halides is 1. The summed E-state index contributed by atoms with van der Waals surface area (Å²) in [5, 5.41) is 21.1. The minimum Gasteiger partial charge on any atom is -0.392 e. The Morgan fingerprint density at radius 1 is 1.15 bits per heavy atom. The van der Waals surface area contributed by atoms with E-state index in [1.54, 1.807) is 26.0 Å². The third-order valence-corrected chi connectivity index (χ3v) is 12.2. The summed E-state index contributed by atoms with van der Waals surface area (Å²) in [5.74, 6) is -2.19. The first-order valence-corrected chi connectivity index (χ1v) is 17.4. The molecule has 1 aromatic carbocycles. The number of benzene rings is 1. The quantitative estimate of drug-likeness (QED) is 0.303. The fourth-order valence-electron chi connectivity index (χ4n) is 9.51. The highest BCUT2D eigenvalue weighted by atomic mass is 31.2. The lowest BCUT2D eigenvalue weighted by Crippen LogP contribution is -2.69. The van der Waals surface area contributed by atoms with Crippen molar-refractivity contribution in [2.24, 2.45) is 22.7 Å². The number of fused-ring (bicyclic) bond motifs is 7. The van der Waals surface area contributed by atoms with Gasteiger partial charge in [0, 0.05) is 41.2 Å². The second-order valence-electron chi connectivity index (χ2n) is 14.1. The number of phosphoric acid groups is 1. The molecule has 0 radical (unpaired) electrons. The van der Waals surface area contributed by atoms with Gasteiger partial charge < -0.3 is 34.0 Å². The molecular formula is C34H39FNO10P. The van der Waals surface area contributed by atoms with E-state index in [-0.39, 0.29) is 25.2 Å². The van der Waals surface area contributed by atoms with E-state index in [0.29, 0.717) is 30.5 Å². The van der Waals surface area contributed by atoms with Gasteiger partial charge >= 0.3 is 7.82 Å². The third kappa shape index (κ3) is 4.83. The zero-order valence-corrected chi connectivity index (χ0v) is 27.0. The number of phosphoric ester groups is 1. The summed E-state index contributed by atoms with van der Waals surface area (Å²) in [6.45, 7) is 2.99. The van der Waals surface area contributed by atoms with Crippen LogP contribution in [-0.2, 0) is 41.3 Å². The van der Waals surface area contributed by atoms with Gasteiger partial charge in [-0.3, -0.25) is 14.1 Å². The van der Waals surface area contributed by atoms with Gasteiger partial charge in [0.25, 0.3) is 0 Å². The average Bonchev–Trinajstić information content (AvgIpc) is 3.70. The number of halogens is 1. The number of rotatable bonds is 8. The van der Waals surface area contributed by atoms with Crippen LogP contribution in [-0.4, -0.2) is 66.2 Å². The monoisotopic (exact) mass is 671 g/mol. The van der Waals surface area contributed by atoms with Crippen molar-refractivity contribution < 1.29 is 52.5 Å². The lowest BCUT2D eigenvalue weighted by atomic mass is 9.44. The number of nitrogens with zero attached hydrogens (tertiary/aromatic N) is 1. The summed E-state index contributed by atoms with van der Waals surface area (Å²) in [6, 6.07) is 9.31. The molecule has 1 aliphatic heterocycles. The van der Waals surface area contributed by atoms with Gasteiger partial charge in [-0.15, -0.1) is 0 Å². The molecule has 252 valence electrons. The molecule has 9 atom stereocenters. The van der Waals surface area contributed by atoms with E-state index in [9.17, 15) is 34.2 Å². The maximum Gasteiger partial charge on any atom is 0.470 e. The number of aromatic nitrogens is 1. The Morgan fingerprint density at radius 2 is 1.87 bits per heavy atom. The van der Waals surface area contributed by atoms with Crippen molar-refractivity contribution in [1.29, 1.82) is 0 Å². The first-order valence-electron chi connectivity index (χ1n) is 15.9. The Labute approximate surface area is 271 Å². The Morgan fingerprint density at radius 3 is 2.57 bits per heavy atom. The SMILES string of the molecule is C[C@]12C=CC(=O)C=C1CC[C@H]1[C@@H]3C[C@H]4O[C@@H](c5ccn(Cc6ccc(CO)cc6)c5)O[C@@]4(C(=O)COP(=O)(O)O)[C@@]3(C)C[C@H](O)[C@@]12F. The molecule has 0 amide bonds. The zero-order valence-electron chi connectivity index (χ0n) is 26.1. The van der Waals surface area contributed by atoms with Gasteiger partial charge in [0.05, 0.1) is 18.8 Å². The molecule has 4 N–H and O–H groups in total. The van der Waals surface area contributed by atoms with Crippen LogP contribution in [0, 0.1) is 22.7 Å². The molecule has 0 spiro atoms. The number of aliphatic hydroxyl groups is 2. The molecule has 47 heavy (non-hydrogen) atoms. The highest BCUT2D eigenvalue weighted by Gasteiger charge is 2.79. The van der Waals surface area contributed by atoms with Gasteiger partial charge in [0.15, 0.2) is 29.1 Å². The van der Waals surface area contributed by atoms with Gasteiger partial charge in [-0.25, -0.2) is 8.96 Å². The number of hydrogen-bond acceptors (Lipinski definition) is 8. The Bertz CT molecular complexity index is 1720. The topological polar surface area (TPSA) is 165 Å². The van der Waals surface area contributed by atoms with Crippen LogP contribution in [0.5, 0.6) is 0 Å². The molecule has 0 bridgehead atoms. The molecule has 4 aliphatic carbocycles. The van der Waals surface area contributed by atoms with Crippen molar-refractivity contribution >= 4 is 19.4 Å². The van der Waals surface area contributed by atoms with Gasteiger partial charge in [-0.1, -0.05) is 42.8 Å². The van der Waals surface area contributed by atoms with Crippen LogP contribution < -0.4 is 0 Å². The largest absolute Gasteiger partial charge is 0.470 e. The molecular weight excluding hydrogens is 632 g/mol. The summed E-state index contributed by atoms with van der Waals surface area (Å²) in [7, 11) is -5.03. The fourth-order valence-corrected chi connectivity index (χ4v) is 9.80. The van der Waals surface area contributed by atoms with E-state index in [1.807, 2.05) is 41.2 Å². The van der Waals surface area contributed by atoms with E-state index >= 15 is 4.39 Å². The van der Waals surface area contributed by atoms with E-state index < -0.39 is 72.6 Å². The minimum atomic E-state index is -5.03. The van der Waals surface area contributed by atoms with Crippen LogP contribution >= 0.6 is 7.82 Å². The van der Waals surface area contributed by atoms with Crippen molar-refractivity contribution in [2.75, 3.05) is 6.61 Å². The second-order valence-corrected chi connectivity index (χ2v) is 15.3. The van der Waals surface area contributed by atoms with Crippen LogP contribution in [0.2, 0.25) is 0 Å². The molecule has 7 rings (SSSR count). The van der Waals surface area contributed by atoms with Crippen LogP contribution in [0.1, 0.15) is 62.5 Å². The molecule has 1 aromatic heterocycles. The fraction of sp³-hybridized carbons (Fsp3) is 0.529. The van der Waals surface area contributed by atoms with Crippen molar-refractivity contribution in [2.45, 2.75) is 82.5 Å². The van der Waals surface area contributed by atoms with Crippen LogP contribution in [0.15, 0.2) is 66.5 Å². The van der Waals surface area contributed by atoms with E-state index in [0.717, 1.165) is 11.1 Å². The number of allylic oxidation sites excluding steroid dienone is 4. The summed E-state index contributed by atoms with van der Waals surface area (Å²) < 4.78 is 49.0. The third-order valence-electron chi connectivity index (χ3n) is 11.8. The molecule has 2 aromatic rings. The number of Topliss-reactive ketones (excluding diaryl/α,β-unsaturated/α-hetero) is 1. The molecule has 3 saturated carbocycles. The second kappa shape index (κ2) is 11.1. The highest BCUT2D eigenvalue weighted by molar-refractivity contribution is 7.46. The maximum atomic E-state index is 17.7. The number of ketones is 2. The number of hydrogen-bond donors (Lipinski definition) is 4. The summed E-state index contributed by atoms with van der Waals surface area (Å²) in [6.07, 6.45) is 5.34. The van der Waals surface area contributed by atoms with Gasteiger partial charge in [0.2, 0.25) is 0 Å².